The number of nitrogens with two attached hydrogens (primary N) is 1. The average molecular weight is 263 g/mol. The normalized spacial score (nSPS) is 20.6. The van der Waals surface area contributed by atoms with E-state index in [9.17, 15) is 0 Å². The van der Waals surface area contributed by atoms with E-state index in [1.807, 2.05) is 24.3 Å². The highest BCUT2D eigenvalue weighted by Gasteiger charge is 2.22. The maximum atomic E-state index is 9.15. The quantitative estimate of drug-likeness (QED) is 0.333. The van der Waals surface area contributed by atoms with Crippen molar-refractivity contribution in [1.29, 1.82) is 0 Å². The van der Waals surface area contributed by atoms with Crippen LogP contribution in [0, 0.1) is 0 Å². The van der Waals surface area contributed by atoms with Crippen molar-refractivity contribution in [2.24, 2.45) is 10.9 Å². The van der Waals surface area contributed by atoms with Gasteiger partial charge >= 0.3 is 0 Å². The Kier molecular flexibility index (Phi) is 4.63. The molecule has 4 N–H and O–H groups in total. The standard InChI is InChI=1S/C14H21N3O2/c15-14(16-19)11-4-6-13(7-5-11)17-9-2-1-3-12(17)8-10-18/h4-7,12,18-19H,1-3,8-10H2,(H2,15,16). The van der Waals surface area contributed by atoms with E-state index in [1.54, 1.807) is 0 Å². The third kappa shape index (κ3) is 3.17. The number of aliphatic hydroxyl groups excluding tert-OH is 1. The highest BCUT2D eigenvalue weighted by Crippen LogP contribution is 2.26. The molecule has 1 atom stereocenters. The van der Waals surface area contributed by atoms with Gasteiger partial charge in [-0.1, -0.05) is 5.16 Å². The lowest BCUT2D eigenvalue weighted by molar-refractivity contribution is 0.262. The molecule has 19 heavy (non-hydrogen) atoms. The predicted molar refractivity (Wildman–Crippen MR) is 75.6 cm³/mol. The van der Waals surface area contributed by atoms with Crippen molar-refractivity contribution in [3.05, 3.63) is 29.8 Å². The summed E-state index contributed by atoms with van der Waals surface area (Å²) in [7, 11) is 0. The molecule has 1 heterocycles. The summed E-state index contributed by atoms with van der Waals surface area (Å²) in [5.74, 6) is 0.122. The van der Waals surface area contributed by atoms with Gasteiger partial charge in [-0.05, 0) is 49.9 Å². The zero-order valence-corrected chi connectivity index (χ0v) is 11.0. The van der Waals surface area contributed by atoms with Crippen LogP contribution < -0.4 is 10.6 Å². The topological polar surface area (TPSA) is 82.1 Å². The van der Waals surface area contributed by atoms with E-state index in [0.29, 0.717) is 11.6 Å². The number of hydrogen-bond acceptors (Lipinski definition) is 4. The van der Waals surface area contributed by atoms with E-state index >= 15 is 0 Å². The molecule has 0 aliphatic carbocycles. The maximum Gasteiger partial charge on any atom is 0.170 e. The van der Waals surface area contributed by atoms with Crippen LogP contribution in [0.25, 0.3) is 0 Å². The van der Waals surface area contributed by atoms with Crippen molar-refractivity contribution in [3.63, 3.8) is 0 Å². The molecule has 1 aromatic carbocycles. The fourth-order valence-corrected chi connectivity index (χ4v) is 2.67. The van der Waals surface area contributed by atoms with Crippen LogP contribution in [0.3, 0.4) is 0 Å². The number of oxime groups is 1. The molecular formula is C14H21N3O2. The van der Waals surface area contributed by atoms with Crippen molar-refractivity contribution in [2.75, 3.05) is 18.1 Å². The summed E-state index contributed by atoms with van der Waals surface area (Å²) >= 11 is 0. The van der Waals surface area contributed by atoms with E-state index in [2.05, 4.69) is 10.1 Å². The molecule has 0 saturated carbocycles. The Morgan fingerprint density at radius 2 is 2.05 bits per heavy atom. The fraction of sp³-hybridized carbons (Fsp3) is 0.500. The summed E-state index contributed by atoms with van der Waals surface area (Å²) in [6.07, 6.45) is 4.35. The van der Waals surface area contributed by atoms with Crippen LogP contribution in [0.4, 0.5) is 5.69 Å². The van der Waals surface area contributed by atoms with Crippen LogP contribution in [0.15, 0.2) is 29.4 Å². The summed E-state index contributed by atoms with van der Waals surface area (Å²) in [6.45, 7) is 1.25. The smallest absolute Gasteiger partial charge is 0.170 e. The minimum absolute atomic E-state index is 0.122. The summed E-state index contributed by atoms with van der Waals surface area (Å²) < 4.78 is 0. The Labute approximate surface area is 113 Å². The van der Waals surface area contributed by atoms with Crippen molar-refractivity contribution >= 4 is 11.5 Å². The van der Waals surface area contributed by atoms with Crippen LogP contribution in [0.2, 0.25) is 0 Å². The van der Waals surface area contributed by atoms with Gasteiger partial charge in [-0.15, -0.1) is 0 Å². The highest BCUT2D eigenvalue weighted by molar-refractivity contribution is 5.97. The van der Waals surface area contributed by atoms with Gasteiger partial charge in [0.25, 0.3) is 0 Å². The second kappa shape index (κ2) is 6.43. The zero-order chi connectivity index (χ0) is 13.7. The monoisotopic (exact) mass is 263 g/mol. The molecule has 0 aromatic heterocycles. The molecular weight excluding hydrogens is 242 g/mol. The van der Waals surface area contributed by atoms with Crippen molar-refractivity contribution in [2.45, 2.75) is 31.7 Å². The number of aliphatic hydroxyl groups is 1. The lowest BCUT2D eigenvalue weighted by atomic mass is 9.98. The van der Waals surface area contributed by atoms with Crippen molar-refractivity contribution < 1.29 is 10.3 Å². The lowest BCUT2D eigenvalue weighted by Gasteiger charge is -2.37. The molecule has 5 nitrogen and oxygen atoms in total. The summed E-state index contributed by atoms with van der Waals surface area (Å²) in [5, 5.41) is 20.8. The van der Waals surface area contributed by atoms with Gasteiger partial charge in [-0.2, -0.15) is 0 Å². The molecule has 1 saturated heterocycles. The van der Waals surface area contributed by atoms with Crippen LogP contribution in [0.5, 0.6) is 0 Å². The van der Waals surface area contributed by atoms with Crippen LogP contribution >= 0.6 is 0 Å². The molecule has 0 bridgehead atoms. The third-order valence-corrected chi connectivity index (χ3v) is 3.69. The minimum atomic E-state index is 0.122. The van der Waals surface area contributed by atoms with E-state index in [4.69, 9.17) is 16.0 Å². The van der Waals surface area contributed by atoms with Gasteiger partial charge in [0.15, 0.2) is 5.84 Å². The summed E-state index contributed by atoms with van der Waals surface area (Å²) in [5.41, 5.74) is 7.39. The number of benzene rings is 1. The van der Waals surface area contributed by atoms with Gasteiger partial charge < -0.3 is 20.9 Å². The number of amidine groups is 1. The first-order valence-corrected chi connectivity index (χ1v) is 6.71. The van der Waals surface area contributed by atoms with E-state index in [0.717, 1.165) is 25.1 Å². The van der Waals surface area contributed by atoms with Gasteiger partial charge in [-0.25, -0.2) is 0 Å². The summed E-state index contributed by atoms with van der Waals surface area (Å²) in [4.78, 5) is 2.34. The van der Waals surface area contributed by atoms with E-state index in [-0.39, 0.29) is 12.4 Å². The maximum absolute atomic E-state index is 9.15. The number of nitrogens with zero attached hydrogens (tertiary/aromatic N) is 2. The highest BCUT2D eigenvalue weighted by atomic mass is 16.4. The molecule has 1 aliphatic rings. The number of rotatable bonds is 4. The molecule has 0 amide bonds. The van der Waals surface area contributed by atoms with Crippen LogP contribution in [-0.2, 0) is 0 Å². The Bertz CT molecular complexity index is 429. The van der Waals surface area contributed by atoms with Gasteiger partial charge in [-0.3, -0.25) is 0 Å². The van der Waals surface area contributed by atoms with E-state index in [1.165, 1.54) is 12.8 Å². The van der Waals surface area contributed by atoms with Crippen molar-refractivity contribution in [3.8, 4) is 0 Å². The first-order chi connectivity index (χ1) is 9.26. The van der Waals surface area contributed by atoms with Crippen molar-refractivity contribution in [1.82, 2.24) is 0 Å². The number of anilines is 1. The average Bonchev–Trinajstić information content (AvgIpc) is 2.47. The molecule has 1 aliphatic heterocycles. The first-order valence-electron chi connectivity index (χ1n) is 6.71. The second-order valence-corrected chi connectivity index (χ2v) is 4.89. The van der Waals surface area contributed by atoms with Gasteiger partial charge in [0.1, 0.15) is 0 Å². The third-order valence-electron chi connectivity index (χ3n) is 3.69. The Balaban J connectivity index is 2.15. The zero-order valence-electron chi connectivity index (χ0n) is 11.0. The predicted octanol–water partition coefficient (Wildman–Crippen LogP) is 1.52. The molecule has 1 aromatic rings. The Morgan fingerprint density at radius 1 is 1.32 bits per heavy atom. The Morgan fingerprint density at radius 3 is 2.68 bits per heavy atom. The second-order valence-electron chi connectivity index (χ2n) is 4.89. The van der Waals surface area contributed by atoms with Gasteiger partial charge in [0, 0.05) is 30.4 Å². The molecule has 0 radical (unpaired) electrons. The van der Waals surface area contributed by atoms with Crippen LogP contribution in [-0.4, -0.2) is 35.3 Å². The fourth-order valence-electron chi connectivity index (χ4n) is 2.67. The lowest BCUT2D eigenvalue weighted by Crippen LogP contribution is -2.40. The van der Waals surface area contributed by atoms with Gasteiger partial charge in [0.05, 0.1) is 0 Å². The van der Waals surface area contributed by atoms with E-state index < -0.39 is 0 Å². The van der Waals surface area contributed by atoms with Gasteiger partial charge in [0.2, 0.25) is 0 Å². The molecule has 0 spiro atoms. The Hall–Kier alpha value is -1.75. The molecule has 1 unspecified atom stereocenters. The largest absolute Gasteiger partial charge is 0.409 e. The molecule has 2 rings (SSSR count). The molecule has 104 valence electrons. The molecule has 5 heteroatoms. The number of piperidine rings is 1. The first kappa shape index (κ1) is 13.7. The number of hydrogen-bond donors (Lipinski definition) is 3. The minimum Gasteiger partial charge on any atom is -0.409 e. The summed E-state index contributed by atoms with van der Waals surface area (Å²) in [6, 6.07) is 8.10. The SMILES string of the molecule is N/C(=N\O)c1ccc(N2CCCCC2CCO)cc1. The van der Waals surface area contributed by atoms with Crippen LogP contribution in [0.1, 0.15) is 31.2 Å². The molecule has 1 fully saturated rings.